The van der Waals surface area contributed by atoms with E-state index in [1.165, 1.54) is 212 Å². The number of unbranched alkanes of at least 4 members (excludes halogenated alkanes) is 40. The summed E-state index contributed by atoms with van der Waals surface area (Å²) < 4.78 is 17.0. The van der Waals surface area contributed by atoms with Gasteiger partial charge in [-0.25, -0.2) is 0 Å². The Labute approximate surface area is 509 Å². The van der Waals surface area contributed by atoms with Crippen molar-refractivity contribution in [2.45, 2.75) is 367 Å². The molecule has 0 aromatic heterocycles. The van der Waals surface area contributed by atoms with Crippen LogP contribution in [0.3, 0.4) is 0 Å². The van der Waals surface area contributed by atoms with Crippen LogP contribution >= 0.6 is 0 Å². The molecule has 1 atom stereocenters. The van der Waals surface area contributed by atoms with Crippen molar-refractivity contribution < 1.29 is 28.6 Å². The molecule has 0 amide bonds. The Morgan fingerprint density at radius 2 is 0.488 bits per heavy atom. The highest BCUT2D eigenvalue weighted by Crippen LogP contribution is 2.18. The van der Waals surface area contributed by atoms with E-state index in [0.29, 0.717) is 19.3 Å². The van der Waals surface area contributed by atoms with Crippen molar-refractivity contribution >= 4 is 17.9 Å². The third kappa shape index (κ3) is 67.4. The van der Waals surface area contributed by atoms with Gasteiger partial charge in [0.15, 0.2) is 6.10 Å². The van der Waals surface area contributed by atoms with E-state index in [0.717, 1.165) is 109 Å². The zero-order valence-electron chi connectivity index (χ0n) is 54.5. The summed E-state index contributed by atoms with van der Waals surface area (Å²) in [5.74, 6) is -0.868. The molecule has 0 heterocycles. The first-order chi connectivity index (χ1) is 40.5. The molecule has 82 heavy (non-hydrogen) atoms. The van der Waals surface area contributed by atoms with Crippen LogP contribution in [0.1, 0.15) is 361 Å². The zero-order chi connectivity index (χ0) is 59.2. The number of carbonyl (C=O) groups is 3. The van der Waals surface area contributed by atoms with Crippen molar-refractivity contribution in [3.05, 3.63) is 85.1 Å². The summed E-state index contributed by atoms with van der Waals surface area (Å²) in [6.07, 6.45) is 93.3. The number of esters is 3. The van der Waals surface area contributed by atoms with E-state index < -0.39 is 6.10 Å². The smallest absolute Gasteiger partial charge is 0.306 e. The number of hydrogen-bond acceptors (Lipinski definition) is 6. The first-order valence-electron chi connectivity index (χ1n) is 35.6. The predicted molar refractivity (Wildman–Crippen MR) is 358 cm³/mol. The van der Waals surface area contributed by atoms with E-state index in [2.05, 4.69) is 106 Å². The second-order valence-electron chi connectivity index (χ2n) is 23.8. The lowest BCUT2D eigenvalue weighted by Crippen LogP contribution is -2.30. The minimum absolute atomic E-state index is 0.0754. The summed E-state index contributed by atoms with van der Waals surface area (Å²) in [7, 11) is 0. The monoisotopic (exact) mass is 1140 g/mol. The minimum atomic E-state index is -0.780. The molecule has 0 bridgehead atoms. The molecule has 6 nitrogen and oxygen atoms in total. The van der Waals surface area contributed by atoms with E-state index in [-0.39, 0.29) is 31.1 Å². The van der Waals surface area contributed by atoms with Gasteiger partial charge in [-0.2, -0.15) is 0 Å². The van der Waals surface area contributed by atoms with Crippen molar-refractivity contribution in [2.75, 3.05) is 13.2 Å². The molecule has 0 aromatic carbocycles. The molecule has 0 N–H and O–H groups in total. The van der Waals surface area contributed by atoms with Crippen LogP contribution in [-0.2, 0) is 28.6 Å². The molecule has 0 fully saturated rings. The largest absolute Gasteiger partial charge is 0.462 e. The normalized spacial score (nSPS) is 12.6. The average Bonchev–Trinajstić information content (AvgIpc) is 3.47. The van der Waals surface area contributed by atoms with Gasteiger partial charge in [0.25, 0.3) is 0 Å². The Morgan fingerprint density at radius 3 is 0.780 bits per heavy atom. The number of allylic oxidation sites excluding steroid dienone is 14. The first-order valence-corrected chi connectivity index (χ1v) is 35.6. The Kier molecular flexibility index (Phi) is 67.2. The second-order valence-corrected chi connectivity index (χ2v) is 23.8. The van der Waals surface area contributed by atoms with Crippen molar-refractivity contribution in [3.8, 4) is 0 Å². The number of carbonyl (C=O) groups excluding carboxylic acids is 3. The van der Waals surface area contributed by atoms with Gasteiger partial charge in [-0.05, 0) is 89.9 Å². The van der Waals surface area contributed by atoms with Crippen LogP contribution in [0.4, 0.5) is 0 Å². The number of hydrogen-bond donors (Lipinski definition) is 0. The molecule has 0 rings (SSSR count). The number of rotatable bonds is 65. The predicted octanol–water partition coefficient (Wildman–Crippen LogP) is 24.6. The second kappa shape index (κ2) is 70.1. The van der Waals surface area contributed by atoms with Crippen LogP contribution in [0.2, 0.25) is 0 Å². The van der Waals surface area contributed by atoms with Crippen LogP contribution in [0, 0.1) is 0 Å². The van der Waals surface area contributed by atoms with Crippen molar-refractivity contribution in [3.63, 3.8) is 0 Å². The van der Waals surface area contributed by atoms with Crippen LogP contribution in [-0.4, -0.2) is 37.2 Å². The standard InChI is InChI=1S/C76H134O6/c1-4-7-10-13-16-19-22-25-28-30-31-32-33-34-35-36-37-38-39-40-41-42-43-44-45-47-48-51-54-57-60-63-66-69-75(78)81-72-73(71-80-74(77)68-65-62-59-56-53-50-27-24-21-18-15-12-9-6-3)82-76(79)70-67-64-61-58-55-52-49-46-29-26-23-20-17-14-11-8-5-2/h7,10,15-16,18-19,24-25,27-28,31-32,34-35,73H,4-6,8-9,11-14,17,20-23,26,29-30,33,36-72H2,1-3H3/b10-7-,18-15-,19-16-,27-24-,28-25-,32-31-,35-34-. The highest BCUT2D eigenvalue weighted by molar-refractivity contribution is 5.71. The van der Waals surface area contributed by atoms with Crippen LogP contribution < -0.4 is 0 Å². The van der Waals surface area contributed by atoms with Gasteiger partial charge in [0.05, 0.1) is 0 Å². The maximum atomic E-state index is 12.9. The molecule has 0 aliphatic rings. The van der Waals surface area contributed by atoms with E-state index in [9.17, 15) is 14.4 Å². The molecule has 0 aliphatic carbocycles. The van der Waals surface area contributed by atoms with Crippen molar-refractivity contribution in [2.24, 2.45) is 0 Å². The fourth-order valence-electron chi connectivity index (χ4n) is 10.3. The van der Waals surface area contributed by atoms with E-state index in [1.807, 2.05) is 0 Å². The number of ether oxygens (including phenoxy) is 3. The third-order valence-electron chi connectivity index (χ3n) is 15.6. The fourth-order valence-corrected chi connectivity index (χ4v) is 10.3. The summed E-state index contributed by atoms with van der Waals surface area (Å²) >= 11 is 0. The molecular weight excluding hydrogens is 1010 g/mol. The van der Waals surface area contributed by atoms with Gasteiger partial charge in [-0.1, -0.05) is 337 Å². The lowest BCUT2D eigenvalue weighted by Gasteiger charge is -2.18. The van der Waals surface area contributed by atoms with Crippen LogP contribution in [0.5, 0.6) is 0 Å². The molecule has 1 unspecified atom stereocenters. The third-order valence-corrected chi connectivity index (χ3v) is 15.6. The molecule has 0 saturated carbocycles. The quantitative estimate of drug-likeness (QED) is 0.0261. The Morgan fingerprint density at radius 1 is 0.256 bits per heavy atom. The maximum Gasteiger partial charge on any atom is 0.306 e. The lowest BCUT2D eigenvalue weighted by molar-refractivity contribution is -0.167. The van der Waals surface area contributed by atoms with Crippen LogP contribution in [0.15, 0.2) is 85.1 Å². The molecular formula is C76H134O6. The topological polar surface area (TPSA) is 78.9 Å². The SMILES string of the molecule is CC/C=C\C/C=C\C/C=C\C/C=C\C/C=C\CCCCCCCCCCCCCCCCCCCC(=O)OCC(COC(=O)CCCCCCC/C=C\C/C=C\CCCC)OC(=O)CCCCCCCCCCCCCCCCCCC. The van der Waals surface area contributed by atoms with Gasteiger partial charge in [0, 0.05) is 19.3 Å². The van der Waals surface area contributed by atoms with Crippen molar-refractivity contribution in [1.82, 2.24) is 0 Å². The van der Waals surface area contributed by atoms with Gasteiger partial charge in [0.1, 0.15) is 13.2 Å². The molecule has 0 spiro atoms. The highest BCUT2D eigenvalue weighted by atomic mass is 16.6. The average molecular weight is 1140 g/mol. The zero-order valence-corrected chi connectivity index (χ0v) is 54.5. The summed E-state index contributed by atoms with van der Waals surface area (Å²) in [6, 6.07) is 0. The summed E-state index contributed by atoms with van der Waals surface area (Å²) in [5.41, 5.74) is 0. The highest BCUT2D eigenvalue weighted by Gasteiger charge is 2.19. The summed E-state index contributed by atoms with van der Waals surface area (Å²) in [5, 5.41) is 0. The molecule has 0 saturated heterocycles. The maximum absolute atomic E-state index is 12.9. The summed E-state index contributed by atoms with van der Waals surface area (Å²) in [6.45, 7) is 6.53. The Bertz CT molecular complexity index is 1550. The van der Waals surface area contributed by atoms with Gasteiger partial charge >= 0.3 is 17.9 Å². The molecule has 0 aromatic rings. The first kappa shape index (κ1) is 78.6. The van der Waals surface area contributed by atoms with Gasteiger partial charge in [-0.15, -0.1) is 0 Å². The lowest BCUT2D eigenvalue weighted by atomic mass is 10.0. The molecule has 0 aliphatic heterocycles. The molecule has 474 valence electrons. The Balaban J connectivity index is 4.17. The van der Waals surface area contributed by atoms with Gasteiger partial charge in [0.2, 0.25) is 0 Å². The fraction of sp³-hybridized carbons (Fsp3) is 0.776. The molecule has 0 radical (unpaired) electrons. The van der Waals surface area contributed by atoms with Crippen molar-refractivity contribution in [1.29, 1.82) is 0 Å². The van der Waals surface area contributed by atoms with E-state index in [1.54, 1.807) is 0 Å². The van der Waals surface area contributed by atoms with Gasteiger partial charge < -0.3 is 14.2 Å². The minimum Gasteiger partial charge on any atom is -0.462 e. The summed E-state index contributed by atoms with van der Waals surface area (Å²) in [4.78, 5) is 38.4. The van der Waals surface area contributed by atoms with E-state index in [4.69, 9.17) is 14.2 Å². The Hall–Kier alpha value is -3.41. The van der Waals surface area contributed by atoms with Gasteiger partial charge in [-0.3, -0.25) is 14.4 Å². The van der Waals surface area contributed by atoms with Crippen LogP contribution in [0.25, 0.3) is 0 Å². The van der Waals surface area contributed by atoms with E-state index >= 15 is 0 Å². The molecule has 6 heteroatoms.